The van der Waals surface area contributed by atoms with E-state index in [-0.39, 0.29) is 4.83 Å². The summed E-state index contributed by atoms with van der Waals surface area (Å²) in [6.45, 7) is 2.01. The van der Waals surface area contributed by atoms with Crippen LogP contribution in [0.4, 0.5) is 0 Å². The van der Waals surface area contributed by atoms with Crippen LogP contribution in [0.3, 0.4) is 0 Å². The average molecular weight is 390 g/mol. The van der Waals surface area contributed by atoms with Crippen LogP contribution in [-0.2, 0) is 0 Å². The highest BCUT2D eigenvalue weighted by atomic mass is 79.9. The van der Waals surface area contributed by atoms with E-state index < -0.39 is 0 Å². The fraction of sp³-hybridized carbons (Fsp3) is 0.286. The molecule has 0 N–H and O–H groups in total. The first-order chi connectivity index (χ1) is 9.10. The number of rotatable bonds is 4. The summed E-state index contributed by atoms with van der Waals surface area (Å²) in [5, 5.41) is 0. The third kappa shape index (κ3) is 2.67. The van der Waals surface area contributed by atoms with Crippen LogP contribution in [0.2, 0.25) is 0 Å². The molecule has 0 saturated heterocycles. The Morgan fingerprint density at radius 3 is 2.42 bits per heavy atom. The normalized spacial score (nSPS) is 12.3. The molecule has 2 aromatic rings. The van der Waals surface area contributed by atoms with Crippen molar-refractivity contribution in [3.8, 4) is 11.5 Å². The van der Waals surface area contributed by atoms with E-state index >= 15 is 0 Å². The van der Waals surface area contributed by atoms with Crippen molar-refractivity contribution in [2.75, 3.05) is 14.2 Å². The van der Waals surface area contributed by atoms with Crippen LogP contribution < -0.4 is 9.47 Å². The quantitative estimate of drug-likeness (QED) is 0.700. The van der Waals surface area contributed by atoms with Crippen LogP contribution >= 0.6 is 31.9 Å². The molecule has 0 aliphatic carbocycles. The lowest BCUT2D eigenvalue weighted by molar-refractivity contribution is 0.385. The lowest BCUT2D eigenvalue weighted by atomic mass is 10.1. The molecule has 0 aliphatic heterocycles. The molecule has 1 heterocycles. The summed E-state index contributed by atoms with van der Waals surface area (Å²) < 4.78 is 17.1. The molecule has 1 aromatic heterocycles. The van der Waals surface area contributed by atoms with E-state index in [1.54, 1.807) is 20.5 Å². The number of hydrogen-bond donors (Lipinski definition) is 0. The van der Waals surface area contributed by atoms with Gasteiger partial charge in [0, 0.05) is 5.56 Å². The molecule has 102 valence electrons. The Balaban J connectivity index is 2.51. The number of methoxy groups -OCH3 is 2. The van der Waals surface area contributed by atoms with Gasteiger partial charge in [-0.15, -0.1) is 0 Å². The van der Waals surface area contributed by atoms with Crippen molar-refractivity contribution in [2.45, 2.75) is 11.8 Å². The summed E-state index contributed by atoms with van der Waals surface area (Å²) in [6, 6.07) is 5.80. The summed E-state index contributed by atoms with van der Waals surface area (Å²) in [6.07, 6.45) is 1.68. The molecule has 1 aromatic carbocycles. The summed E-state index contributed by atoms with van der Waals surface area (Å²) in [4.78, 5) is -0.0698. The van der Waals surface area contributed by atoms with Gasteiger partial charge in [-0.25, -0.2) is 0 Å². The third-order valence-corrected chi connectivity index (χ3v) is 4.58. The van der Waals surface area contributed by atoms with Crippen LogP contribution in [0.15, 0.2) is 33.4 Å². The minimum Gasteiger partial charge on any atom is -0.495 e. The number of aryl methyl sites for hydroxylation is 1. The van der Waals surface area contributed by atoms with Crippen molar-refractivity contribution in [3.05, 3.63) is 45.8 Å². The summed E-state index contributed by atoms with van der Waals surface area (Å²) in [5.74, 6) is 2.34. The number of hydrogen-bond acceptors (Lipinski definition) is 3. The smallest absolute Gasteiger partial charge is 0.141 e. The molecule has 0 aliphatic rings. The van der Waals surface area contributed by atoms with Gasteiger partial charge < -0.3 is 13.9 Å². The molecule has 5 heteroatoms. The van der Waals surface area contributed by atoms with Gasteiger partial charge in [-0.05, 0) is 46.6 Å². The van der Waals surface area contributed by atoms with Gasteiger partial charge in [0.1, 0.15) is 26.6 Å². The molecule has 2 rings (SSSR count). The maximum Gasteiger partial charge on any atom is 0.141 e. The largest absolute Gasteiger partial charge is 0.495 e. The minimum absolute atomic E-state index is 0.0698. The first-order valence-corrected chi connectivity index (χ1v) is 7.39. The molecule has 0 radical (unpaired) electrons. The van der Waals surface area contributed by atoms with Gasteiger partial charge in [0.2, 0.25) is 0 Å². The fourth-order valence-electron chi connectivity index (χ4n) is 1.90. The highest BCUT2D eigenvalue weighted by molar-refractivity contribution is 9.10. The van der Waals surface area contributed by atoms with Gasteiger partial charge in [-0.3, -0.25) is 0 Å². The molecule has 0 fully saturated rings. The van der Waals surface area contributed by atoms with Crippen LogP contribution in [0, 0.1) is 6.92 Å². The number of ether oxygens (including phenoxy) is 2. The van der Waals surface area contributed by atoms with Crippen LogP contribution in [0.25, 0.3) is 0 Å². The molecule has 1 unspecified atom stereocenters. The minimum atomic E-state index is -0.0698. The van der Waals surface area contributed by atoms with Gasteiger partial charge in [0.05, 0.1) is 20.5 Å². The SMILES string of the molecule is COc1ccc(C(Br)c2occc2C)c(OC)c1Br. The number of halogens is 2. The van der Waals surface area contributed by atoms with E-state index in [1.807, 2.05) is 25.1 Å². The maximum absolute atomic E-state index is 5.53. The van der Waals surface area contributed by atoms with Crippen LogP contribution in [-0.4, -0.2) is 14.2 Å². The van der Waals surface area contributed by atoms with Crippen molar-refractivity contribution in [2.24, 2.45) is 0 Å². The number of alkyl halides is 1. The summed E-state index contributed by atoms with van der Waals surface area (Å²) >= 11 is 7.16. The topological polar surface area (TPSA) is 31.6 Å². The van der Waals surface area contributed by atoms with E-state index in [2.05, 4.69) is 31.9 Å². The molecule has 19 heavy (non-hydrogen) atoms. The van der Waals surface area contributed by atoms with Crippen LogP contribution in [0.5, 0.6) is 11.5 Å². The molecular weight excluding hydrogens is 376 g/mol. The second kappa shape index (κ2) is 6.01. The van der Waals surface area contributed by atoms with E-state index in [0.29, 0.717) is 0 Å². The first-order valence-electron chi connectivity index (χ1n) is 5.68. The monoisotopic (exact) mass is 388 g/mol. The highest BCUT2D eigenvalue weighted by Gasteiger charge is 2.23. The standard InChI is InChI=1S/C14H14Br2O3/c1-8-6-7-19-13(8)11(15)9-4-5-10(17-2)12(16)14(9)18-3/h4-7,11H,1-3H3. The van der Waals surface area contributed by atoms with Crippen molar-refractivity contribution in [3.63, 3.8) is 0 Å². The van der Waals surface area contributed by atoms with Gasteiger partial charge in [-0.2, -0.15) is 0 Å². The molecule has 0 bridgehead atoms. The molecule has 3 nitrogen and oxygen atoms in total. The number of furan rings is 1. The van der Waals surface area contributed by atoms with Crippen molar-refractivity contribution in [1.82, 2.24) is 0 Å². The second-order valence-corrected chi connectivity index (χ2v) is 5.74. The van der Waals surface area contributed by atoms with Gasteiger partial charge in [0.25, 0.3) is 0 Å². The summed E-state index contributed by atoms with van der Waals surface area (Å²) in [7, 11) is 3.26. The zero-order valence-corrected chi connectivity index (χ0v) is 14.0. The Labute approximate surface area is 129 Å². The molecule has 0 saturated carbocycles. The predicted molar refractivity (Wildman–Crippen MR) is 81.5 cm³/mol. The average Bonchev–Trinajstić information content (AvgIpc) is 2.83. The second-order valence-electron chi connectivity index (χ2n) is 4.03. The Hall–Kier alpha value is -0.940. The highest BCUT2D eigenvalue weighted by Crippen LogP contribution is 2.44. The Morgan fingerprint density at radius 2 is 1.89 bits per heavy atom. The third-order valence-electron chi connectivity index (χ3n) is 2.92. The van der Waals surface area contributed by atoms with E-state index in [1.165, 1.54) is 0 Å². The van der Waals surface area contributed by atoms with Crippen LogP contribution in [0.1, 0.15) is 21.7 Å². The van der Waals surface area contributed by atoms with Gasteiger partial charge >= 0.3 is 0 Å². The lowest BCUT2D eigenvalue weighted by Gasteiger charge is -2.16. The first kappa shape index (κ1) is 14.5. The predicted octanol–water partition coefficient (Wildman–Crippen LogP) is 4.85. The Kier molecular flexibility index (Phi) is 4.58. The maximum atomic E-state index is 5.53. The Bertz CT molecular complexity index is 578. The zero-order chi connectivity index (χ0) is 14.0. The summed E-state index contributed by atoms with van der Waals surface area (Å²) in [5.41, 5.74) is 2.07. The van der Waals surface area contributed by atoms with E-state index in [4.69, 9.17) is 13.9 Å². The van der Waals surface area contributed by atoms with Crippen molar-refractivity contribution >= 4 is 31.9 Å². The van der Waals surface area contributed by atoms with Gasteiger partial charge in [0.15, 0.2) is 0 Å². The fourth-order valence-corrected chi connectivity index (χ4v) is 3.42. The Morgan fingerprint density at radius 1 is 1.16 bits per heavy atom. The lowest BCUT2D eigenvalue weighted by Crippen LogP contribution is -1.99. The molecule has 1 atom stereocenters. The molecule has 0 amide bonds. The van der Waals surface area contributed by atoms with E-state index in [0.717, 1.165) is 32.9 Å². The van der Waals surface area contributed by atoms with E-state index in [9.17, 15) is 0 Å². The molecule has 0 spiro atoms. The van der Waals surface area contributed by atoms with Crippen molar-refractivity contribution < 1.29 is 13.9 Å². The van der Waals surface area contributed by atoms with Gasteiger partial charge in [-0.1, -0.05) is 15.9 Å². The van der Waals surface area contributed by atoms with Crippen molar-refractivity contribution in [1.29, 1.82) is 0 Å². The number of benzene rings is 1. The molecular formula is C14H14Br2O3. The zero-order valence-electron chi connectivity index (χ0n) is 10.9.